The van der Waals surface area contributed by atoms with Gasteiger partial charge in [0.1, 0.15) is 0 Å². The van der Waals surface area contributed by atoms with Crippen LogP contribution in [0.2, 0.25) is 0 Å². The molecule has 1 aromatic carbocycles. The Kier molecular flexibility index (Phi) is 3.88. The monoisotopic (exact) mass is 286 g/mol. The second-order valence-corrected chi connectivity index (χ2v) is 4.72. The highest BCUT2D eigenvalue weighted by Crippen LogP contribution is 2.35. The van der Waals surface area contributed by atoms with Crippen LogP contribution in [0.25, 0.3) is 0 Å². The maximum absolute atomic E-state index is 12.7. The third-order valence-electron chi connectivity index (χ3n) is 3.36. The number of alkyl halides is 3. The topological polar surface area (TPSA) is 67.5 Å². The van der Waals surface area contributed by atoms with Crippen LogP contribution >= 0.6 is 0 Å². The number of nitriles is 1. The lowest BCUT2D eigenvalue weighted by molar-refractivity contribution is -0.137. The average molecular weight is 286 g/mol. The summed E-state index contributed by atoms with van der Waals surface area (Å²) in [4.78, 5) is 1.62. The first kappa shape index (κ1) is 14.6. The van der Waals surface area contributed by atoms with E-state index in [4.69, 9.17) is 5.26 Å². The zero-order valence-corrected chi connectivity index (χ0v) is 10.4. The zero-order chi connectivity index (χ0) is 14.9. The summed E-state index contributed by atoms with van der Waals surface area (Å²) in [5.41, 5.74) is -1.05. The first-order valence-corrected chi connectivity index (χ1v) is 6.03. The molecule has 7 heteroatoms. The van der Waals surface area contributed by atoms with Crippen molar-refractivity contribution < 1.29 is 23.4 Å². The fraction of sp³-hybridized carbons (Fsp3) is 0.462. The molecule has 108 valence electrons. The summed E-state index contributed by atoms with van der Waals surface area (Å²) in [6.07, 6.45) is -4.87. The molecule has 1 fully saturated rings. The number of aliphatic hydroxyl groups excluding tert-OH is 2. The van der Waals surface area contributed by atoms with Crippen molar-refractivity contribution in [2.45, 2.75) is 24.7 Å². The molecule has 0 unspecified atom stereocenters. The highest BCUT2D eigenvalue weighted by molar-refractivity contribution is 5.56. The van der Waals surface area contributed by atoms with E-state index in [2.05, 4.69) is 0 Å². The van der Waals surface area contributed by atoms with Gasteiger partial charge in [-0.25, -0.2) is 0 Å². The van der Waals surface area contributed by atoms with Crippen LogP contribution in [-0.4, -0.2) is 35.5 Å². The molecule has 0 aromatic heterocycles. The Morgan fingerprint density at radius 3 is 2.65 bits per heavy atom. The Bertz CT molecular complexity index is 539. The molecule has 2 atom stereocenters. The molecule has 2 rings (SSSR count). The van der Waals surface area contributed by atoms with Crippen LogP contribution in [0.1, 0.15) is 17.5 Å². The fourth-order valence-corrected chi connectivity index (χ4v) is 2.43. The number of aliphatic hydroxyl groups is 2. The van der Waals surface area contributed by atoms with Gasteiger partial charge in [-0.1, -0.05) is 0 Å². The third-order valence-corrected chi connectivity index (χ3v) is 3.36. The van der Waals surface area contributed by atoms with Gasteiger partial charge in [0.2, 0.25) is 0 Å². The van der Waals surface area contributed by atoms with Gasteiger partial charge in [0, 0.05) is 12.2 Å². The van der Waals surface area contributed by atoms with E-state index in [1.165, 1.54) is 12.1 Å². The molecule has 1 aliphatic rings. The van der Waals surface area contributed by atoms with Crippen LogP contribution < -0.4 is 4.90 Å². The van der Waals surface area contributed by atoms with Crippen molar-refractivity contribution in [2.75, 3.05) is 18.1 Å². The summed E-state index contributed by atoms with van der Waals surface area (Å²) < 4.78 is 38.1. The molecule has 0 amide bonds. The molecule has 20 heavy (non-hydrogen) atoms. The average Bonchev–Trinajstić information content (AvgIpc) is 2.78. The molecule has 4 nitrogen and oxygen atoms in total. The summed E-state index contributed by atoms with van der Waals surface area (Å²) in [5.74, 6) is 0. The number of nitrogens with zero attached hydrogens (tertiary/aromatic N) is 2. The number of rotatable bonds is 2. The lowest BCUT2D eigenvalue weighted by Gasteiger charge is -2.25. The van der Waals surface area contributed by atoms with E-state index in [0.29, 0.717) is 12.1 Å². The van der Waals surface area contributed by atoms with E-state index in [-0.39, 0.29) is 19.2 Å². The second kappa shape index (κ2) is 5.31. The number of halogens is 3. The normalized spacial score (nSPS) is 22.9. The Morgan fingerprint density at radius 2 is 2.10 bits per heavy atom. The lowest BCUT2D eigenvalue weighted by atomic mass is 10.1. The lowest BCUT2D eigenvalue weighted by Crippen LogP contribution is -2.32. The van der Waals surface area contributed by atoms with Crippen molar-refractivity contribution in [3.8, 4) is 6.07 Å². The first-order valence-electron chi connectivity index (χ1n) is 6.03. The van der Waals surface area contributed by atoms with Gasteiger partial charge in [-0.2, -0.15) is 18.4 Å². The van der Waals surface area contributed by atoms with Crippen LogP contribution in [0.5, 0.6) is 0 Å². The molecule has 0 aliphatic carbocycles. The number of hydrogen-bond donors (Lipinski definition) is 2. The minimum atomic E-state index is -4.58. The zero-order valence-electron chi connectivity index (χ0n) is 10.4. The quantitative estimate of drug-likeness (QED) is 0.864. The van der Waals surface area contributed by atoms with Crippen molar-refractivity contribution >= 4 is 5.69 Å². The summed E-state index contributed by atoms with van der Waals surface area (Å²) in [6, 6.07) is 4.44. The predicted octanol–water partition coefficient (Wildman–Crippen LogP) is 1.51. The number of benzene rings is 1. The van der Waals surface area contributed by atoms with Gasteiger partial charge < -0.3 is 15.1 Å². The molecule has 1 saturated heterocycles. The number of anilines is 1. The van der Waals surface area contributed by atoms with Crippen molar-refractivity contribution in [3.05, 3.63) is 29.3 Å². The number of hydrogen-bond acceptors (Lipinski definition) is 4. The maximum atomic E-state index is 12.7. The van der Waals surface area contributed by atoms with Crippen molar-refractivity contribution in [1.82, 2.24) is 0 Å². The van der Waals surface area contributed by atoms with E-state index >= 15 is 0 Å². The highest BCUT2D eigenvalue weighted by atomic mass is 19.4. The summed E-state index contributed by atoms with van der Waals surface area (Å²) in [7, 11) is 0. The molecule has 0 bridgehead atoms. The van der Waals surface area contributed by atoms with Gasteiger partial charge in [0.25, 0.3) is 0 Å². The largest absolute Gasteiger partial charge is 0.417 e. The maximum Gasteiger partial charge on any atom is 0.417 e. The molecule has 1 heterocycles. The fourth-order valence-electron chi connectivity index (χ4n) is 2.43. The minimum Gasteiger partial charge on any atom is -0.394 e. The van der Waals surface area contributed by atoms with Gasteiger partial charge in [-0.3, -0.25) is 0 Å². The van der Waals surface area contributed by atoms with E-state index < -0.39 is 23.4 Å². The van der Waals surface area contributed by atoms with Crippen LogP contribution in [-0.2, 0) is 6.18 Å². The van der Waals surface area contributed by atoms with E-state index in [0.717, 1.165) is 12.1 Å². The molecular formula is C13H13F3N2O2. The van der Waals surface area contributed by atoms with Crippen molar-refractivity contribution in [2.24, 2.45) is 0 Å². The van der Waals surface area contributed by atoms with Gasteiger partial charge in [0.05, 0.1) is 35.9 Å². The summed E-state index contributed by atoms with van der Waals surface area (Å²) in [6.45, 7) is 0.0153. The summed E-state index contributed by atoms with van der Waals surface area (Å²) >= 11 is 0. The van der Waals surface area contributed by atoms with Crippen LogP contribution in [0.15, 0.2) is 18.2 Å². The Labute approximate surface area is 113 Å². The molecule has 1 aliphatic heterocycles. The van der Waals surface area contributed by atoms with Crippen LogP contribution in [0.3, 0.4) is 0 Å². The van der Waals surface area contributed by atoms with Gasteiger partial charge in [-0.15, -0.1) is 0 Å². The SMILES string of the molecule is N#Cc1cc(N2C[C@@H](O)C[C@H]2CO)ccc1C(F)(F)F. The molecule has 0 spiro atoms. The van der Waals surface area contributed by atoms with Gasteiger partial charge >= 0.3 is 6.18 Å². The Morgan fingerprint density at radius 1 is 1.40 bits per heavy atom. The van der Waals surface area contributed by atoms with Gasteiger partial charge in [0.15, 0.2) is 0 Å². The smallest absolute Gasteiger partial charge is 0.394 e. The van der Waals surface area contributed by atoms with Gasteiger partial charge in [-0.05, 0) is 24.6 Å². The Balaban J connectivity index is 2.38. The van der Waals surface area contributed by atoms with E-state index in [9.17, 15) is 23.4 Å². The van der Waals surface area contributed by atoms with Crippen molar-refractivity contribution in [3.63, 3.8) is 0 Å². The predicted molar refractivity (Wildman–Crippen MR) is 65.0 cm³/mol. The van der Waals surface area contributed by atoms with Crippen LogP contribution in [0, 0.1) is 11.3 Å². The first-order chi connectivity index (χ1) is 9.36. The molecule has 0 saturated carbocycles. The summed E-state index contributed by atoms with van der Waals surface area (Å²) in [5, 5.41) is 27.7. The minimum absolute atomic E-state index is 0.208. The third kappa shape index (κ3) is 2.71. The Hall–Kier alpha value is -1.78. The molecule has 1 aromatic rings. The molecular weight excluding hydrogens is 273 g/mol. The van der Waals surface area contributed by atoms with Crippen molar-refractivity contribution in [1.29, 1.82) is 5.26 Å². The van der Waals surface area contributed by atoms with E-state index in [1.54, 1.807) is 4.90 Å². The number of β-amino-alcohol motifs (C(OH)–C–C–N with tert-alkyl or cyclic N) is 1. The molecule has 2 N–H and O–H groups in total. The highest BCUT2D eigenvalue weighted by Gasteiger charge is 2.35. The second-order valence-electron chi connectivity index (χ2n) is 4.72. The van der Waals surface area contributed by atoms with Crippen LogP contribution in [0.4, 0.5) is 18.9 Å². The van der Waals surface area contributed by atoms with E-state index in [1.807, 2.05) is 0 Å². The standard InChI is InChI=1S/C13H13F3N2O2/c14-13(15,16)12-2-1-9(3-8(12)5-17)18-6-11(20)4-10(18)7-19/h1-3,10-11,19-20H,4,6-7H2/t10-,11-/m0/s1. The molecule has 0 radical (unpaired) electrons.